The first-order valence-electron chi connectivity index (χ1n) is 6.98. The van der Waals surface area contributed by atoms with Crippen LogP contribution in [0.4, 0.5) is 5.13 Å². The zero-order valence-corrected chi connectivity index (χ0v) is 16.6. The molecule has 3 aromatic rings. The molecule has 0 fully saturated rings. The number of carbonyl (C=O) groups is 1. The maximum Gasteiger partial charge on any atom is 0.258 e. The van der Waals surface area contributed by atoms with Gasteiger partial charge in [0, 0.05) is 0 Å². The van der Waals surface area contributed by atoms with Crippen LogP contribution in [0, 0.1) is 6.92 Å². The fourth-order valence-corrected chi connectivity index (χ4v) is 3.96. The van der Waals surface area contributed by atoms with Crippen LogP contribution in [0.25, 0.3) is 10.2 Å². The monoisotopic (exact) mass is 429 g/mol. The van der Waals surface area contributed by atoms with Crippen molar-refractivity contribution in [2.45, 2.75) is 6.92 Å². The number of thiocarbonyl (C=S) groups is 1. The molecule has 25 heavy (non-hydrogen) atoms. The van der Waals surface area contributed by atoms with Gasteiger partial charge >= 0.3 is 0 Å². The average Bonchev–Trinajstić information content (AvgIpc) is 2.94. The van der Waals surface area contributed by atoms with Crippen molar-refractivity contribution >= 4 is 84.7 Å². The minimum Gasteiger partial charge on any atom is -0.308 e. The number of halogens is 3. The zero-order valence-electron chi connectivity index (χ0n) is 12.7. The molecule has 0 aliphatic rings. The second kappa shape index (κ2) is 7.43. The van der Waals surface area contributed by atoms with E-state index in [9.17, 15) is 4.79 Å². The first-order chi connectivity index (χ1) is 11.8. The molecule has 0 saturated carbocycles. The van der Waals surface area contributed by atoms with Gasteiger partial charge in [-0.25, -0.2) is 4.98 Å². The summed E-state index contributed by atoms with van der Waals surface area (Å²) >= 11 is 24.7. The number of hydrogen-bond donors (Lipinski definition) is 2. The Labute approximate surface area is 168 Å². The number of carbonyl (C=O) groups excluding carboxylic acids is 1. The minimum atomic E-state index is -0.398. The molecule has 1 heterocycles. The number of nitrogens with zero attached hydrogens (tertiary/aromatic N) is 1. The number of fused-ring (bicyclic) bond motifs is 1. The lowest BCUT2D eigenvalue weighted by Gasteiger charge is -2.08. The van der Waals surface area contributed by atoms with Gasteiger partial charge in [-0.15, -0.1) is 0 Å². The Morgan fingerprint density at radius 3 is 2.64 bits per heavy atom. The highest BCUT2D eigenvalue weighted by Gasteiger charge is 2.14. The summed E-state index contributed by atoms with van der Waals surface area (Å²) < 4.78 is 0.854. The van der Waals surface area contributed by atoms with Crippen molar-refractivity contribution in [3.8, 4) is 0 Å². The second-order valence-electron chi connectivity index (χ2n) is 5.12. The van der Waals surface area contributed by atoms with Crippen LogP contribution < -0.4 is 10.6 Å². The third kappa shape index (κ3) is 4.04. The van der Waals surface area contributed by atoms with E-state index in [1.54, 1.807) is 24.3 Å². The lowest BCUT2D eigenvalue weighted by molar-refractivity contribution is 0.0978. The summed E-state index contributed by atoms with van der Waals surface area (Å²) in [6.45, 7) is 1.89. The molecule has 0 unspecified atom stereocenters. The maximum atomic E-state index is 12.3. The van der Waals surface area contributed by atoms with E-state index >= 15 is 0 Å². The van der Waals surface area contributed by atoms with Gasteiger partial charge in [-0.05, 0) is 49.0 Å². The van der Waals surface area contributed by atoms with Crippen molar-refractivity contribution in [2.24, 2.45) is 0 Å². The van der Waals surface area contributed by atoms with E-state index in [4.69, 9.17) is 47.0 Å². The number of benzene rings is 2. The average molecular weight is 431 g/mol. The molecule has 1 amide bonds. The van der Waals surface area contributed by atoms with Crippen LogP contribution >= 0.6 is 58.4 Å². The summed E-state index contributed by atoms with van der Waals surface area (Å²) in [5, 5.41) is 7.23. The van der Waals surface area contributed by atoms with E-state index in [2.05, 4.69) is 15.6 Å². The number of aromatic nitrogens is 1. The molecule has 0 radical (unpaired) electrons. The van der Waals surface area contributed by atoms with Gasteiger partial charge in [0.05, 0.1) is 25.3 Å². The summed E-state index contributed by atoms with van der Waals surface area (Å²) in [4.78, 5) is 16.6. The van der Waals surface area contributed by atoms with E-state index in [1.165, 1.54) is 11.3 Å². The van der Waals surface area contributed by atoms with Crippen molar-refractivity contribution in [1.82, 2.24) is 10.3 Å². The summed E-state index contributed by atoms with van der Waals surface area (Å²) in [5.74, 6) is -0.398. The van der Waals surface area contributed by atoms with Crippen LogP contribution in [0.3, 0.4) is 0 Å². The number of rotatable bonds is 2. The van der Waals surface area contributed by atoms with Crippen molar-refractivity contribution in [2.75, 3.05) is 5.32 Å². The summed E-state index contributed by atoms with van der Waals surface area (Å²) in [6, 6.07) is 8.69. The standard InChI is InChI=1S/C16H10Cl3N3OS2/c1-7-2-3-8(10(18)6-7)14(23)21-15(24)22-16-20-13-11(25-16)5-4-9(17)12(13)19/h2-6H,1H3,(H2,20,21,22,23,24). The van der Waals surface area contributed by atoms with Crippen LogP contribution in [0.5, 0.6) is 0 Å². The molecule has 9 heteroatoms. The quantitative estimate of drug-likeness (QED) is 0.513. The molecule has 128 valence electrons. The Balaban J connectivity index is 1.74. The van der Waals surface area contributed by atoms with Crippen LogP contribution in [-0.4, -0.2) is 16.0 Å². The molecule has 0 spiro atoms. The molecule has 2 N–H and O–H groups in total. The van der Waals surface area contributed by atoms with E-state index in [-0.39, 0.29) is 5.11 Å². The molecule has 0 aliphatic carbocycles. The van der Waals surface area contributed by atoms with E-state index in [0.29, 0.717) is 31.3 Å². The first-order valence-corrected chi connectivity index (χ1v) is 9.34. The normalized spacial score (nSPS) is 10.7. The third-order valence-corrected chi connectivity index (χ3v) is 5.52. The highest BCUT2D eigenvalue weighted by molar-refractivity contribution is 7.80. The molecule has 3 rings (SSSR count). The number of anilines is 1. The van der Waals surface area contributed by atoms with Crippen LogP contribution in [-0.2, 0) is 0 Å². The largest absolute Gasteiger partial charge is 0.308 e. The van der Waals surface area contributed by atoms with Crippen LogP contribution in [0.1, 0.15) is 15.9 Å². The minimum absolute atomic E-state index is 0.114. The zero-order chi connectivity index (χ0) is 18.1. The van der Waals surface area contributed by atoms with Gasteiger partial charge in [0.15, 0.2) is 10.2 Å². The van der Waals surface area contributed by atoms with Gasteiger partial charge in [0.1, 0.15) is 5.52 Å². The van der Waals surface area contributed by atoms with Gasteiger partial charge < -0.3 is 5.32 Å². The fraction of sp³-hybridized carbons (Fsp3) is 0.0625. The third-order valence-electron chi connectivity index (χ3n) is 3.27. The second-order valence-corrected chi connectivity index (χ2v) is 7.75. The van der Waals surface area contributed by atoms with Gasteiger partial charge in [-0.2, -0.15) is 0 Å². The Bertz CT molecular complexity index is 1000. The van der Waals surface area contributed by atoms with E-state index < -0.39 is 5.91 Å². The topological polar surface area (TPSA) is 54.0 Å². The van der Waals surface area contributed by atoms with Crippen molar-refractivity contribution in [1.29, 1.82) is 0 Å². The molecule has 4 nitrogen and oxygen atoms in total. The summed E-state index contributed by atoms with van der Waals surface area (Å²) in [7, 11) is 0. The number of thiazole rings is 1. The van der Waals surface area contributed by atoms with Crippen molar-refractivity contribution in [3.05, 3.63) is 56.5 Å². The Morgan fingerprint density at radius 1 is 1.16 bits per heavy atom. The van der Waals surface area contributed by atoms with E-state index in [1.807, 2.05) is 13.0 Å². The van der Waals surface area contributed by atoms with Crippen molar-refractivity contribution < 1.29 is 4.79 Å². The smallest absolute Gasteiger partial charge is 0.258 e. The number of hydrogen-bond acceptors (Lipinski definition) is 4. The maximum absolute atomic E-state index is 12.3. The summed E-state index contributed by atoms with van der Waals surface area (Å²) in [6.07, 6.45) is 0. The van der Waals surface area contributed by atoms with Gasteiger partial charge in [0.2, 0.25) is 0 Å². The van der Waals surface area contributed by atoms with Crippen LogP contribution in [0.2, 0.25) is 15.1 Å². The lowest BCUT2D eigenvalue weighted by Crippen LogP contribution is -2.34. The Hall–Kier alpha value is -1.44. The van der Waals surface area contributed by atoms with Crippen LogP contribution in [0.15, 0.2) is 30.3 Å². The SMILES string of the molecule is Cc1ccc(C(=O)NC(=S)Nc2nc3c(Cl)c(Cl)ccc3s2)c(Cl)c1. The molecule has 0 aliphatic heterocycles. The molecule has 0 bridgehead atoms. The van der Waals surface area contributed by atoms with Gasteiger partial charge in [-0.1, -0.05) is 52.2 Å². The fourth-order valence-electron chi connectivity index (χ4n) is 2.09. The highest BCUT2D eigenvalue weighted by Crippen LogP contribution is 2.35. The predicted octanol–water partition coefficient (Wildman–Crippen LogP) is 5.69. The molecule has 0 saturated heterocycles. The molecular formula is C16H10Cl3N3OS2. The van der Waals surface area contributed by atoms with Gasteiger partial charge in [-0.3, -0.25) is 10.1 Å². The van der Waals surface area contributed by atoms with E-state index in [0.717, 1.165) is 10.3 Å². The Morgan fingerprint density at radius 2 is 1.92 bits per heavy atom. The molecular weight excluding hydrogens is 421 g/mol. The van der Waals surface area contributed by atoms with Gasteiger partial charge in [0.25, 0.3) is 5.91 Å². The predicted molar refractivity (Wildman–Crippen MR) is 110 cm³/mol. The highest BCUT2D eigenvalue weighted by atomic mass is 35.5. The number of aryl methyl sites for hydroxylation is 1. The number of nitrogens with one attached hydrogen (secondary N) is 2. The molecule has 0 atom stereocenters. The summed E-state index contributed by atoms with van der Waals surface area (Å²) in [5.41, 5.74) is 1.89. The molecule has 2 aromatic carbocycles. The molecule has 1 aromatic heterocycles. The number of amides is 1. The van der Waals surface area contributed by atoms with Crippen molar-refractivity contribution in [3.63, 3.8) is 0 Å². The Kier molecular flexibility index (Phi) is 5.46. The first kappa shape index (κ1) is 18.4. The lowest BCUT2D eigenvalue weighted by atomic mass is 10.1.